The van der Waals surface area contributed by atoms with Gasteiger partial charge in [0.15, 0.2) is 0 Å². The molecule has 0 aromatic rings. The zero-order chi connectivity index (χ0) is 8.72. The molecule has 0 saturated carbocycles. The second-order valence-corrected chi connectivity index (χ2v) is 3.70. The predicted octanol–water partition coefficient (Wildman–Crippen LogP) is 1.82. The summed E-state index contributed by atoms with van der Waals surface area (Å²) in [6.07, 6.45) is 4.32. The molecule has 1 unspecified atom stereocenters. The molecule has 0 aromatic carbocycles. The Balaban J connectivity index is 2.29. The van der Waals surface area contributed by atoms with Crippen molar-refractivity contribution in [2.45, 2.75) is 26.6 Å². The van der Waals surface area contributed by atoms with Gasteiger partial charge in [0.05, 0.1) is 6.26 Å². The van der Waals surface area contributed by atoms with Gasteiger partial charge < -0.3 is 9.84 Å². The number of rotatable bonds is 0. The summed E-state index contributed by atoms with van der Waals surface area (Å²) in [7, 11) is 0. The van der Waals surface area contributed by atoms with E-state index in [0.717, 1.165) is 6.42 Å². The van der Waals surface area contributed by atoms with Crippen molar-refractivity contribution in [1.29, 1.82) is 0 Å². The van der Waals surface area contributed by atoms with Gasteiger partial charge in [-0.2, -0.15) is 0 Å². The molecule has 0 spiro atoms. The maximum absolute atomic E-state index is 9.56. The highest BCUT2D eigenvalue weighted by Gasteiger charge is 2.37. The van der Waals surface area contributed by atoms with E-state index in [1.807, 2.05) is 0 Å². The minimum absolute atomic E-state index is 0.204. The third-order valence-corrected chi connectivity index (χ3v) is 2.94. The fraction of sp³-hybridized carbons (Fsp3) is 0.600. The van der Waals surface area contributed by atoms with Crippen LogP contribution in [0.15, 0.2) is 23.5 Å². The van der Waals surface area contributed by atoms with Gasteiger partial charge in [0, 0.05) is 5.92 Å². The molecule has 1 aliphatic heterocycles. The Kier molecular flexibility index (Phi) is 1.72. The Bertz CT molecular complexity index is 253. The highest BCUT2D eigenvalue weighted by Crippen LogP contribution is 2.41. The molecular weight excluding hydrogens is 152 g/mol. The van der Waals surface area contributed by atoms with Crippen LogP contribution in [0.2, 0.25) is 0 Å². The van der Waals surface area contributed by atoms with Crippen LogP contribution in [0.4, 0.5) is 0 Å². The second kappa shape index (κ2) is 2.63. The van der Waals surface area contributed by atoms with Crippen LogP contribution in [0.3, 0.4) is 0 Å². The van der Waals surface area contributed by atoms with E-state index in [-0.39, 0.29) is 5.92 Å². The second-order valence-electron chi connectivity index (χ2n) is 3.70. The topological polar surface area (TPSA) is 29.5 Å². The molecule has 2 aliphatic rings. The summed E-state index contributed by atoms with van der Waals surface area (Å²) in [5.41, 5.74) is 2.51. The standard InChI is InChI=1S/C10H14O2/c1-6-3-4-8-7(2)5-12-10(11)9(6)8/h3,5,8-11H,4H2,1-2H3/t8-,9-,10?/m0/s1. The lowest BCUT2D eigenvalue weighted by atomic mass is 9.85. The summed E-state index contributed by atoms with van der Waals surface area (Å²) in [6.45, 7) is 4.13. The van der Waals surface area contributed by atoms with Crippen LogP contribution in [0.5, 0.6) is 0 Å². The molecule has 2 heteroatoms. The maximum Gasteiger partial charge on any atom is 0.203 e. The molecule has 1 heterocycles. The van der Waals surface area contributed by atoms with Crippen LogP contribution in [-0.2, 0) is 4.74 Å². The first-order chi connectivity index (χ1) is 5.70. The average molecular weight is 166 g/mol. The summed E-state index contributed by atoms with van der Waals surface area (Å²) >= 11 is 0. The van der Waals surface area contributed by atoms with Gasteiger partial charge >= 0.3 is 0 Å². The van der Waals surface area contributed by atoms with Crippen molar-refractivity contribution in [3.63, 3.8) is 0 Å². The lowest BCUT2D eigenvalue weighted by Gasteiger charge is -2.31. The highest BCUT2D eigenvalue weighted by atomic mass is 16.6. The fourth-order valence-electron chi connectivity index (χ4n) is 2.15. The largest absolute Gasteiger partial charge is 0.472 e. The van der Waals surface area contributed by atoms with Crippen molar-refractivity contribution in [2.75, 3.05) is 0 Å². The summed E-state index contributed by atoms with van der Waals surface area (Å²) in [5.74, 6) is 0.684. The van der Waals surface area contributed by atoms with Crippen LogP contribution in [0.25, 0.3) is 0 Å². The smallest absolute Gasteiger partial charge is 0.203 e. The number of aliphatic hydroxyl groups is 1. The quantitative estimate of drug-likeness (QED) is 0.556. The zero-order valence-electron chi connectivity index (χ0n) is 7.45. The van der Waals surface area contributed by atoms with Crippen LogP contribution in [0, 0.1) is 11.8 Å². The van der Waals surface area contributed by atoms with Crippen LogP contribution >= 0.6 is 0 Å². The molecule has 0 saturated heterocycles. The molecular formula is C10H14O2. The molecule has 0 aromatic heterocycles. The molecule has 3 atom stereocenters. The summed E-state index contributed by atoms with van der Waals surface area (Å²) in [4.78, 5) is 0. The normalized spacial score (nSPS) is 39.8. The molecule has 1 aliphatic carbocycles. The summed E-state index contributed by atoms with van der Waals surface area (Å²) in [6, 6.07) is 0. The molecule has 0 bridgehead atoms. The number of hydrogen-bond acceptors (Lipinski definition) is 2. The minimum Gasteiger partial charge on any atom is -0.472 e. The van der Waals surface area contributed by atoms with Gasteiger partial charge in [0.25, 0.3) is 0 Å². The van der Waals surface area contributed by atoms with Gasteiger partial charge in [-0.25, -0.2) is 0 Å². The van der Waals surface area contributed by atoms with Crippen molar-refractivity contribution in [3.8, 4) is 0 Å². The Morgan fingerprint density at radius 1 is 1.42 bits per heavy atom. The monoisotopic (exact) mass is 166 g/mol. The van der Waals surface area contributed by atoms with Crippen molar-refractivity contribution < 1.29 is 9.84 Å². The van der Waals surface area contributed by atoms with E-state index in [9.17, 15) is 5.11 Å². The Morgan fingerprint density at radius 2 is 2.17 bits per heavy atom. The first-order valence-electron chi connectivity index (χ1n) is 4.37. The van der Waals surface area contributed by atoms with Gasteiger partial charge in [-0.1, -0.05) is 11.6 Å². The van der Waals surface area contributed by atoms with Crippen molar-refractivity contribution in [1.82, 2.24) is 0 Å². The summed E-state index contributed by atoms with van der Waals surface area (Å²) in [5, 5.41) is 9.56. The van der Waals surface area contributed by atoms with Crippen LogP contribution < -0.4 is 0 Å². The average Bonchev–Trinajstić information content (AvgIpc) is 2.42. The molecule has 0 amide bonds. The lowest BCUT2D eigenvalue weighted by Crippen LogP contribution is -2.31. The van der Waals surface area contributed by atoms with E-state index in [4.69, 9.17) is 4.74 Å². The zero-order valence-corrected chi connectivity index (χ0v) is 7.45. The highest BCUT2D eigenvalue weighted by molar-refractivity contribution is 5.23. The SMILES string of the molecule is CC1=CC[C@H]2C(C)=COC(O)[C@@H]12. The minimum atomic E-state index is -0.627. The Morgan fingerprint density at radius 3 is 2.83 bits per heavy atom. The first-order valence-corrected chi connectivity index (χ1v) is 4.37. The van der Waals surface area contributed by atoms with E-state index in [0.29, 0.717) is 5.92 Å². The number of fused-ring (bicyclic) bond motifs is 1. The third kappa shape index (κ3) is 0.985. The Labute approximate surface area is 72.5 Å². The number of allylic oxidation sites excluding steroid dienone is 2. The van der Waals surface area contributed by atoms with E-state index in [1.165, 1.54) is 11.1 Å². The van der Waals surface area contributed by atoms with Crippen molar-refractivity contribution in [3.05, 3.63) is 23.5 Å². The summed E-state index contributed by atoms with van der Waals surface area (Å²) < 4.78 is 5.13. The number of hydrogen-bond donors (Lipinski definition) is 1. The van der Waals surface area contributed by atoms with Gasteiger partial charge in [-0.15, -0.1) is 0 Å². The van der Waals surface area contributed by atoms with Gasteiger partial charge in [-0.05, 0) is 31.8 Å². The van der Waals surface area contributed by atoms with Crippen LogP contribution in [0.1, 0.15) is 20.3 Å². The van der Waals surface area contributed by atoms with Crippen LogP contribution in [-0.4, -0.2) is 11.4 Å². The number of ether oxygens (including phenoxy) is 1. The van der Waals surface area contributed by atoms with E-state index in [2.05, 4.69) is 19.9 Å². The van der Waals surface area contributed by atoms with Crippen molar-refractivity contribution in [2.24, 2.45) is 11.8 Å². The maximum atomic E-state index is 9.56. The molecule has 12 heavy (non-hydrogen) atoms. The van der Waals surface area contributed by atoms with Gasteiger partial charge in [0.1, 0.15) is 0 Å². The predicted molar refractivity (Wildman–Crippen MR) is 46.2 cm³/mol. The van der Waals surface area contributed by atoms with E-state index >= 15 is 0 Å². The lowest BCUT2D eigenvalue weighted by molar-refractivity contribution is -0.102. The molecule has 1 N–H and O–H groups in total. The van der Waals surface area contributed by atoms with E-state index in [1.54, 1.807) is 6.26 Å². The number of aliphatic hydroxyl groups excluding tert-OH is 1. The molecule has 66 valence electrons. The van der Waals surface area contributed by atoms with Gasteiger partial charge in [0.2, 0.25) is 6.29 Å². The molecule has 0 fully saturated rings. The molecule has 2 nitrogen and oxygen atoms in total. The molecule has 0 radical (unpaired) electrons. The first kappa shape index (κ1) is 7.87. The third-order valence-electron chi connectivity index (χ3n) is 2.94. The van der Waals surface area contributed by atoms with Crippen molar-refractivity contribution >= 4 is 0 Å². The van der Waals surface area contributed by atoms with Gasteiger partial charge in [-0.3, -0.25) is 0 Å². The fourth-order valence-corrected chi connectivity index (χ4v) is 2.15. The Hall–Kier alpha value is -0.760. The van der Waals surface area contributed by atoms with E-state index < -0.39 is 6.29 Å². The molecule has 2 rings (SSSR count).